The van der Waals surface area contributed by atoms with Crippen LogP contribution >= 0.6 is 11.8 Å². The Balaban J connectivity index is 1.82. The average Bonchev–Trinajstić information content (AvgIpc) is 3.01. The fraction of sp³-hybridized carbons (Fsp3) is 0.500. The average molecular weight is 303 g/mol. The maximum atomic E-state index is 6.48. The second-order valence-electron chi connectivity index (χ2n) is 5.99. The maximum Gasteiger partial charge on any atom is 0.247 e. The first kappa shape index (κ1) is 14.6. The molecule has 112 valence electrons. The smallest absolute Gasteiger partial charge is 0.247 e. The zero-order valence-corrected chi connectivity index (χ0v) is 13.3. The summed E-state index contributed by atoms with van der Waals surface area (Å²) in [6.07, 6.45) is 6.14. The van der Waals surface area contributed by atoms with Gasteiger partial charge in [-0.2, -0.15) is 4.98 Å². The highest BCUT2D eigenvalue weighted by molar-refractivity contribution is 7.98. The second kappa shape index (κ2) is 5.81. The molecule has 1 aromatic heterocycles. The highest BCUT2D eigenvalue weighted by Gasteiger charge is 2.37. The number of rotatable bonds is 3. The van der Waals surface area contributed by atoms with Gasteiger partial charge in [-0.25, -0.2) is 0 Å². The number of aromatic nitrogens is 2. The minimum atomic E-state index is -0.447. The van der Waals surface area contributed by atoms with E-state index in [4.69, 9.17) is 10.3 Å². The lowest BCUT2D eigenvalue weighted by molar-refractivity contribution is 0.190. The summed E-state index contributed by atoms with van der Waals surface area (Å²) in [6, 6.07) is 8.17. The summed E-state index contributed by atoms with van der Waals surface area (Å²) in [5.74, 6) is 1.95. The summed E-state index contributed by atoms with van der Waals surface area (Å²) in [6.45, 7) is 2.27. The molecular formula is C16H21N3OS. The van der Waals surface area contributed by atoms with Crippen LogP contribution in [0, 0.1) is 5.92 Å². The highest BCUT2D eigenvalue weighted by atomic mass is 32.2. The molecule has 1 aliphatic carbocycles. The van der Waals surface area contributed by atoms with Crippen molar-refractivity contribution in [2.45, 2.75) is 43.0 Å². The maximum absolute atomic E-state index is 6.48. The minimum Gasteiger partial charge on any atom is -0.337 e. The Kier molecular flexibility index (Phi) is 4.04. The summed E-state index contributed by atoms with van der Waals surface area (Å²) in [4.78, 5) is 5.77. The monoisotopic (exact) mass is 303 g/mol. The molecule has 0 saturated heterocycles. The predicted molar refractivity (Wildman–Crippen MR) is 85.0 cm³/mol. The van der Waals surface area contributed by atoms with Gasteiger partial charge in [-0.3, -0.25) is 0 Å². The van der Waals surface area contributed by atoms with Crippen molar-refractivity contribution in [2.75, 3.05) is 6.26 Å². The molecule has 2 aromatic rings. The third-order valence-corrected chi connectivity index (χ3v) is 5.11. The zero-order chi connectivity index (χ0) is 14.9. The van der Waals surface area contributed by atoms with Crippen molar-refractivity contribution in [2.24, 2.45) is 11.7 Å². The first-order valence-electron chi connectivity index (χ1n) is 7.38. The largest absolute Gasteiger partial charge is 0.337 e. The summed E-state index contributed by atoms with van der Waals surface area (Å²) in [5, 5.41) is 4.11. The molecule has 0 atom stereocenters. The molecule has 1 fully saturated rings. The molecular weight excluding hydrogens is 282 g/mol. The zero-order valence-electron chi connectivity index (χ0n) is 12.5. The van der Waals surface area contributed by atoms with Crippen LogP contribution in [0.1, 0.15) is 38.5 Å². The Hall–Kier alpha value is -1.33. The molecule has 3 rings (SSSR count). The number of thioether (sulfide) groups is 1. The van der Waals surface area contributed by atoms with E-state index >= 15 is 0 Å². The summed E-state index contributed by atoms with van der Waals surface area (Å²) in [7, 11) is 0. The van der Waals surface area contributed by atoms with Gasteiger partial charge in [-0.15, -0.1) is 11.8 Å². The minimum absolute atomic E-state index is 0.447. The molecule has 21 heavy (non-hydrogen) atoms. The number of hydrogen-bond acceptors (Lipinski definition) is 5. The Morgan fingerprint density at radius 3 is 2.52 bits per heavy atom. The van der Waals surface area contributed by atoms with Crippen molar-refractivity contribution in [1.82, 2.24) is 10.1 Å². The van der Waals surface area contributed by atoms with Crippen molar-refractivity contribution < 1.29 is 4.52 Å². The molecule has 2 N–H and O–H groups in total. The molecule has 0 amide bonds. The van der Waals surface area contributed by atoms with Crippen LogP contribution < -0.4 is 5.73 Å². The van der Waals surface area contributed by atoms with Gasteiger partial charge in [0.1, 0.15) is 0 Å². The molecule has 0 unspecified atom stereocenters. The van der Waals surface area contributed by atoms with Crippen molar-refractivity contribution in [3.05, 3.63) is 30.2 Å². The molecule has 0 aliphatic heterocycles. The Labute approximate surface area is 129 Å². The van der Waals surface area contributed by atoms with Gasteiger partial charge in [0.25, 0.3) is 0 Å². The van der Waals surface area contributed by atoms with Gasteiger partial charge in [0, 0.05) is 10.5 Å². The van der Waals surface area contributed by atoms with Crippen LogP contribution in [-0.2, 0) is 5.54 Å². The second-order valence-corrected chi connectivity index (χ2v) is 6.87. The predicted octanol–water partition coefficient (Wildman–Crippen LogP) is 3.82. The molecule has 4 nitrogen and oxygen atoms in total. The van der Waals surface area contributed by atoms with Gasteiger partial charge in [0.15, 0.2) is 0 Å². The number of nitrogens with two attached hydrogens (primary N) is 1. The number of nitrogens with zero attached hydrogens (tertiary/aromatic N) is 2. The lowest BCUT2D eigenvalue weighted by Gasteiger charge is -2.32. The number of hydrogen-bond donors (Lipinski definition) is 1. The topological polar surface area (TPSA) is 64.9 Å². The van der Waals surface area contributed by atoms with Gasteiger partial charge in [0.05, 0.1) is 5.54 Å². The van der Waals surface area contributed by atoms with E-state index in [1.165, 1.54) is 4.90 Å². The molecule has 5 heteroatoms. The molecule has 0 bridgehead atoms. The highest BCUT2D eigenvalue weighted by Crippen LogP contribution is 2.37. The third kappa shape index (κ3) is 2.99. The lowest BCUT2D eigenvalue weighted by atomic mass is 9.78. The number of benzene rings is 1. The normalized spacial score (nSPS) is 26.0. The summed E-state index contributed by atoms with van der Waals surface area (Å²) < 4.78 is 5.46. The van der Waals surface area contributed by atoms with E-state index in [0.29, 0.717) is 11.7 Å². The van der Waals surface area contributed by atoms with Gasteiger partial charge in [0.2, 0.25) is 11.7 Å². The molecule has 0 radical (unpaired) electrons. The van der Waals surface area contributed by atoms with E-state index in [0.717, 1.165) is 37.2 Å². The van der Waals surface area contributed by atoms with Crippen molar-refractivity contribution in [3.63, 3.8) is 0 Å². The van der Waals surface area contributed by atoms with Crippen LogP contribution in [0.25, 0.3) is 11.4 Å². The van der Waals surface area contributed by atoms with E-state index in [2.05, 4.69) is 35.5 Å². The molecule has 0 spiro atoms. The van der Waals surface area contributed by atoms with Gasteiger partial charge >= 0.3 is 0 Å². The molecule has 1 aromatic carbocycles. The van der Waals surface area contributed by atoms with Crippen LogP contribution in [-0.4, -0.2) is 16.4 Å². The van der Waals surface area contributed by atoms with Crippen LogP contribution in [0.2, 0.25) is 0 Å². The molecule has 1 heterocycles. The van der Waals surface area contributed by atoms with E-state index in [1.54, 1.807) is 11.8 Å². The van der Waals surface area contributed by atoms with Gasteiger partial charge in [-0.1, -0.05) is 12.1 Å². The van der Waals surface area contributed by atoms with Crippen molar-refractivity contribution >= 4 is 11.8 Å². The van der Waals surface area contributed by atoms with Crippen LogP contribution in [0.15, 0.2) is 33.7 Å². The van der Waals surface area contributed by atoms with Crippen LogP contribution in [0.5, 0.6) is 0 Å². The standard InChI is InChI=1S/C16H21N3OS/c1-11-7-9-16(17,10-8-11)15-18-14(19-20-15)12-3-5-13(21-2)6-4-12/h3-6,11H,7-10,17H2,1-2H3. The summed E-state index contributed by atoms with van der Waals surface area (Å²) in [5.41, 5.74) is 7.00. The van der Waals surface area contributed by atoms with E-state index in [9.17, 15) is 0 Å². The third-order valence-electron chi connectivity index (χ3n) is 4.37. The van der Waals surface area contributed by atoms with E-state index in [1.807, 2.05) is 12.1 Å². The summed E-state index contributed by atoms with van der Waals surface area (Å²) >= 11 is 1.72. The fourth-order valence-corrected chi connectivity index (χ4v) is 3.18. The van der Waals surface area contributed by atoms with Gasteiger partial charge in [-0.05, 0) is 62.1 Å². The quantitative estimate of drug-likeness (QED) is 0.873. The SMILES string of the molecule is CSc1ccc(-c2noc(C3(N)CCC(C)CC3)n2)cc1. The van der Waals surface area contributed by atoms with Gasteiger partial charge < -0.3 is 10.3 Å². The first-order valence-corrected chi connectivity index (χ1v) is 8.61. The lowest BCUT2D eigenvalue weighted by Crippen LogP contribution is -2.40. The van der Waals surface area contributed by atoms with E-state index < -0.39 is 5.54 Å². The van der Waals surface area contributed by atoms with Crippen LogP contribution in [0.4, 0.5) is 0 Å². The Morgan fingerprint density at radius 1 is 1.24 bits per heavy atom. The van der Waals surface area contributed by atoms with Crippen molar-refractivity contribution in [1.29, 1.82) is 0 Å². The molecule has 1 aliphatic rings. The van der Waals surface area contributed by atoms with E-state index in [-0.39, 0.29) is 0 Å². The Morgan fingerprint density at radius 2 is 1.90 bits per heavy atom. The molecule has 1 saturated carbocycles. The van der Waals surface area contributed by atoms with Crippen LogP contribution in [0.3, 0.4) is 0 Å². The fourth-order valence-electron chi connectivity index (χ4n) is 2.77. The Bertz CT molecular complexity index is 600. The first-order chi connectivity index (χ1) is 10.1. The van der Waals surface area contributed by atoms with Crippen molar-refractivity contribution in [3.8, 4) is 11.4 Å².